The van der Waals surface area contributed by atoms with Gasteiger partial charge < -0.3 is 4.74 Å². The molecule has 20 heavy (non-hydrogen) atoms. The van der Waals surface area contributed by atoms with Crippen molar-refractivity contribution >= 4 is 0 Å². The molecule has 1 aliphatic heterocycles. The maximum Gasteiger partial charge on any atom is 0.124 e. The lowest BCUT2D eigenvalue weighted by Crippen LogP contribution is -2.31. The molecule has 1 atom stereocenters. The monoisotopic (exact) mass is 266 g/mol. The van der Waals surface area contributed by atoms with Crippen molar-refractivity contribution in [3.8, 4) is 5.75 Å². The molecule has 0 aromatic heterocycles. The third-order valence-electron chi connectivity index (χ3n) is 4.58. The summed E-state index contributed by atoms with van der Waals surface area (Å²) in [5.74, 6) is 1.33. The van der Waals surface area contributed by atoms with E-state index >= 15 is 0 Å². The lowest BCUT2D eigenvalue weighted by molar-refractivity contribution is 0.122. The summed E-state index contributed by atoms with van der Waals surface area (Å²) in [5.41, 5.74) is 6.58. The van der Waals surface area contributed by atoms with Gasteiger partial charge >= 0.3 is 0 Å². The summed E-state index contributed by atoms with van der Waals surface area (Å²) in [7, 11) is 0. The van der Waals surface area contributed by atoms with Crippen LogP contribution in [-0.4, -0.2) is 5.60 Å². The Morgan fingerprint density at radius 2 is 1.55 bits per heavy atom. The highest BCUT2D eigenvalue weighted by Gasteiger charge is 2.41. The zero-order chi connectivity index (χ0) is 14.5. The van der Waals surface area contributed by atoms with Gasteiger partial charge in [0.1, 0.15) is 11.4 Å². The van der Waals surface area contributed by atoms with E-state index in [1.54, 1.807) is 0 Å². The smallest absolute Gasteiger partial charge is 0.124 e. The molecule has 1 aliphatic rings. The van der Waals surface area contributed by atoms with Crippen LogP contribution in [-0.2, 0) is 0 Å². The van der Waals surface area contributed by atoms with Crippen LogP contribution in [0.2, 0.25) is 0 Å². The average Bonchev–Trinajstić information content (AvgIpc) is 2.65. The Hall–Kier alpha value is -1.76. The van der Waals surface area contributed by atoms with E-state index in [0.717, 1.165) is 5.75 Å². The second-order valence-electron chi connectivity index (χ2n) is 6.46. The molecule has 1 unspecified atom stereocenters. The number of benzene rings is 2. The third kappa shape index (κ3) is 1.93. The zero-order valence-electron chi connectivity index (χ0n) is 12.9. The van der Waals surface area contributed by atoms with Gasteiger partial charge in [-0.15, -0.1) is 0 Å². The van der Waals surface area contributed by atoms with Crippen LogP contribution < -0.4 is 4.74 Å². The molecule has 0 saturated heterocycles. The van der Waals surface area contributed by atoms with E-state index < -0.39 is 0 Å². The molecule has 2 aromatic carbocycles. The van der Waals surface area contributed by atoms with Crippen molar-refractivity contribution < 1.29 is 4.74 Å². The Morgan fingerprint density at radius 1 is 0.950 bits per heavy atom. The van der Waals surface area contributed by atoms with Gasteiger partial charge in [-0.3, -0.25) is 0 Å². The molecule has 0 bridgehead atoms. The van der Waals surface area contributed by atoms with Crippen LogP contribution in [0.4, 0.5) is 0 Å². The molecule has 3 rings (SSSR count). The normalized spacial score (nSPS) is 19.6. The van der Waals surface area contributed by atoms with Gasteiger partial charge in [-0.1, -0.05) is 30.3 Å². The van der Waals surface area contributed by atoms with E-state index in [1.807, 2.05) is 6.07 Å². The molecule has 0 fully saturated rings. The first-order chi connectivity index (χ1) is 9.40. The lowest BCUT2D eigenvalue weighted by Gasteiger charge is -2.27. The molecule has 1 nitrogen and oxygen atoms in total. The highest BCUT2D eigenvalue weighted by Crippen LogP contribution is 2.48. The van der Waals surface area contributed by atoms with E-state index in [1.165, 1.54) is 27.8 Å². The number of ether oxygens (including phenoxy) is 1. The van der Waals surface area contributed by atoms with Crippen molar-refractivity contribution in [1.29, 1.82) is 0 Å². The first kappa shape index (κ1) is 13.2. The summed E-state index contributed by atoms with van der Waals surface area (Å²) in [6, 6.07) is 13.1. The molecule has 0 amide bonds. The predicted octanol–water partition coefficient (Wildman–Crippen LogP) is 4.91. The maximum atomic E-state index is 6.17. The van der Waals surface area contributed by atoms with Gasteiger partial charge in [-0.05, 0) is 62.9 Å². The van der Waals surface area contributed by atoms with Gasteiger partial charge in [0.25, 0.3) is 0 Å². The third-order valence-corrected chi connectivity index (χ3v) is 4.58. The Labute approximate surface area is 121 Å². The number of hydrogen-bond donors (Lipinski definition) is 0. The van der Waals surface area contributed by atoms with Crippen LogP contribution in [0.1, 0.15) is 47.6 Å². The highest BCUT2D eigenvalue weighted by atomic mass is 16.5. The SMILES string of the molecule is Cc1cc(C2c3ccccc3OC2(C)C)cc(C)c1C. The van der Waals surface area contributed by atoms with Crippen LogP contribution in [0, 0.1) is 20.8 Å². The van der Waals surface area contributed by atoms with Gasteiger partial charge in [-0.2, -0.15) is 0 Å². The van der Waals surface area contributed by atoms with Gasteiger partial charge in [0, 0.05) is 5.56 Å². The van der Waals surface area contributed by atoms with Crippen molar-refractivity contribution in [2.24, 2.45) is 0 Å². The second-order valence-corrected chi connectivity index (χ2v) is 6.46. The standard InChI is InChI=1S/C19H22O/c1-12-10-15(11-13(2)14(12)3)18-16-8-6-7-9-17(16)20-19(18,4)5/h6-11,18H,1-5H3. The summed E-state index contributed by atoms with van der Waals surface area (Å²) >= 11 is 0. The van der Waals surface area contributed by atoms with Crippen LogP contribution in [0.3, 0.4) is 0 Å². The Balaban J connectivity index is 2.18. The van der Waals surface area contributed by atoms with Gasteiger partial charge in [0.05, 0.1) is 5.92 Å². The number of aryl methyl sites for hydroxylation is 2. The molecule has 0 saturated carbocycles. The summed E-state index contributed by atoms with van der Waals surface area (Å²) < 4.78 is 6.17. The number of hydrogen-bond acceptors (Lipinski definition) is 1. The molecule has 104 valence electrons. The maximum absolute atomic E-state index is 6.17. The summed E-state index contributed by atoms with van der Waals surface area (Å²) in [5, 5.41) is 0. The topological polar surface area (TPSA) is 9.23 Å². The van der Waals surface area contributed by atoms with Crippen LogP contribution in [0.25, 0.3) is 0 Å². The molecule has 0 N–H and O–H groups in total. The van der Waals surface area contributed by atoms with E-state index in [0.29, 0.717) is 5.92 Å². The molecular weight excluding hydrogens is 244 g/mol. The average molecular weight is 266 g/mol. The van der Waals surface area contributed by atoms with Crippen molar-refractivity contribution in [3.05, 3.63) is 64.2 Å². The van der Waals surface area contributed by atoms with Crippen LogP contribution >= 0.6 is 0 Å². The molecule has 0 spiro atoms. The zero-order valence-corrected chi connectivity index (χ0v) is 12.9. The second kappa shape index (κ2) is 4.37. The molecule has 0 radical (unpaired) electrons. The summed E-state index contributed by atoms with van der Waals surface area (Å²) in [6.07, 6.45) is 0. The van der Waals surface area contributed by atoms with Crippen molar-refractivity contribution in [2.75, 3.05) is 0 Å². The van der Waals surface area contributed by atoms with Crippen LogP contribution in [0.15, 0.2) is 36.4 Å². The van der Waals surface area contributed by atoms with Gasteiger partial charge in [0.2, 0.25) is 0 Å². The quantitative estimate of drug-likeness (QED) is 0.712. The minimum absolute atomic E-state index is 0.197. The Bertz CT molecular complexity index is 644. The highest BCUT2D eigenvalue weighted by molar-refractivity contribution is 5.51. The molecule has 0 aliphatic carbocycles. The van der Waals surface area contributed by atoms with Crippen molar-refractivity contribution in [3.63, 3.8) is 0 Å². The fraction of sp³-hybridized carbons (Fsp3) is 0.368. The molecule has 1 heteroatoms. The minimum atomic E-state index is -0.197. The first-order valence-electron chi connectivity index (χ1n) is 7.26. The largest absolute Gasteiger partial charge is 0.487 e. The molecule has 2 aromatic rings. The summed E-state index contributed by atoms with van der Waals surface area (Å²) in [4.78, 5) is 0. The molecule has 1 heterocycles. The Kier molecular flexibility index (Phi) is 2.89. The first-order valence-corrected chi connectivity index (χ1v) is 7.26. The van der Waals surface area contributed by atoms with E-state index in [9.17, 15) is 0 Å². The number of rotatable bonds is 1. The van der Waals surface area contributed by atoms with Crippen molar-refractivity contribution in [2.45, 2.75) is 46.1 Å². The fourth-order valence-corrected chi connectivity index (χ4v) is 3.35. The number of fused-ring (bicyclic) bond motifs is 1. The predicted molar refractivity (Wildman–Crippen MR) is 83.6 cm³/mol. The minimum Gasteiger partial charge on any atom is -0.487 e. The van der Waals surface area contributed by atoms with E-state index in [-0.39, 0.29) is 5.60 Å². The van der Waals surface area contributed by atoms with Gasteiger partial charge in [0.15, 0.2) is 0 Å². The Morgan fingerprint density at radius 3 is 2.20 bits per heavy atom. The number of para-hydroxylation sites is 1. The van der Waals surface area contributed by atoms with E-state index in [4.69, 9.17) is 4.74 Å². The van der Waals surface area contributed by atoms with Crippen LogP contribution in [0.5, 0.6) is 5.75 Å². The molecular formula is C19H22O. The summed E-state index contributed by atoms with van der Waals surface area (Å²) in [6.45, 7) is 10.9. The lowest BCUT2D eigenvalue weighted by atomic mass is 9.80. The van der Waals surface area contributed by atoms with Crippen molar-refractivity contribution in [1.82, 2.24) is 0 Å². The fourth-order valence-electron chi connectivity index (χ4n) is 3.35. The van der Waals surface area contributed by atoms with Gasteiger partial charge in [-0.25, -0.2) is 0 Å². The van der Waals surface area contributed by atoms with E-state index in [2.05, 4.69) is 65.0 Å².